The van der Waals surface area contributed by atoms with E-state index >= 15 is 0 Å². The lowest BCUT2D eigenvalue weighted by Crippen LogP contribution is -2.26. The monoisotopic (exact) mass is 241 g/mol. The van der Waals surface area contributed by atoms with Crippen molar-refractivity contribution >= 4 is 22.4 Å². The van der Waals surface area contributed by atoms with E-state index in [9.17, 15) is 4.79 Å². The van der Waals surface area contributed by atoms with Crippen LogP contribution < -0.4 is 11.1 Å². The molecule has 1 amide bonds. The summed E-state index contributed by atoms with van der Waals surface area (Å²) in [5, 5.41) is 5.05. The van der Waals surface area contributed by atoms with Crippen molar-refractivity contribution in [3.05, 3.63) is 23.9 Å². The summed E-state index contributed by atoms with van der Waals surface area (Å²) in [6, 6.07) is 0. The number of nitrogens with one attached hydrogen (secondary N) is 1. The first-order valence-corrected chi connectivity index (χ1v) is 5.79. The molecule has 1 aromatic heterocycles. The number of ether oxygens (including phenoxy) is 1. The van der Waals surface area contributed by atoms with E-state index in [4.69, 9.17) is 10.5 Å². The summed E-state index contributed by atoms with van der Waals surface area (Å²) >= 11 is 1.34. The van der Waals surface area contributed by atoms with Gasteiger partial charge in [-0.25, -0.2) is 4.98 Å². The Morgan fingerprint density at radius 3 is 3.19 bits per heavy atom. The second-order valence-electron chi connectivity index (χ2n) is 3.09. The molecule has 0 saturated carbocycles. The summed E-state index contributed by atoms with van der Waals surface area (Å²) in [7, 11) is 0. The van der Waals surface area contributed by atoms with Gasteiger partial charge in [-0.1, -0.05) is 6.58 Å². The number of hydrogen-bond acceptors (Lipinski definition) is 5. The minimum Gasteiger partial charge on any atom is -0.502 e. The number of nitrogens with zero attached hydrogens (tertiary/aromatic N) is 1. The van der Waals surface area contributed by atoms with Crippen molar-refractivity contribution in [3.8, 4) is 0 Å². The molecule has 3 N–H and O–H groups in total. The van der Waals surface area contributed by atoms with E-state index in [1.54, 1.807) is 5.38 Å². The summed E-state index contributed by atoms with van der Waals surface area (Å²) in [5.74, 6) is -0.0519. The highest BCUT2D eigenvalue weighted by Gasteiger charge is 2.05. The average Bonchev–Trinajstić information content (AvgIpc) is 2.63. The standard InChI is InChI=1S/C10H15N3O2S/c1-2-15-5-3-4-12-9(14)6-8-7-16-10(11)13-8/h2,7H,1,3-6H2,(H2,11,13)(H,12,14). The Hall–Kier alpha value is -1.56. The Morgan fingerprint density at radius 2 is 2.56 bits per heavy atom. The molecule has 6 heteroatoms. The van der Waals surface area contributed by atoms with Crippen LogP contribution in [0.5, 0.6) is 0 Å². The normalized spacial score (nSPS) is 9.75. The molecule has 0 bridgehead atoms. The number of carbonyl (C=O) groups excluding carboxylic acids is 1. The molecular formula is C10H15N3O2S. The fourth-order valence-electron chi connectivity index (χ4n) is 1.10. The van der Waals surface area contributed by atoms with Gasteiger partial charge in [-0.15, -0.1) is 11.3 Å². The number of rotatable bonds is 7. The zero-order valence-electron chi connectivity index (χ0n) is 8.94. The molecular weight excluding hydrogens is 226 g/mol. The SMILES string of the molecule is C=COCCCNC(=O)Cc1csc(N)n1. The largest absolute Gasteiger partial charge is 0.502 e. The van der Waals surface area contributed by atoms with Gasteiger partial charge >= 0.3 is 0 Å². The van der Waals surface area contributed by atoms with Crippen LogP contribution in [0.3, 0.4) is 0 Å². The van der Waals surface area contributed by atoms with Crippen LogP contribution in [0.1, 0.15) is 12.1 Å². The van der Waals surface area contributed by atoms with Gasteiger partial charge in [-0.3, -0.25) is 4.79 Å². The minimum absolute atomic E-state index is 0.0519. The quantitative estimate of drug-likeness (QED) is 0.550. The summed E-state index contributed by atoms with van der Waals surface area (Å²) in [4.78, 5) is 15.4. The molecule has 0 radical (unpaired) electrons. The van der Waals surface area contributed by atoms with Crippen LogP contribution in [-0.4, -0.2) is 24.0 Å². The van der Waals surface area contributed by atoms with E-state index in [-0.39, 0.29) is 12.3 Å². The van der Waals surface area contributed by atoms with E-state index in [0.29, 0.717) is 24.0 Å². The van der Waals surface area contributed by atoms with Gasteiger partial charge < -0.3 is 15.8 Å². The van der Waals surface area contributed by atoms with Gasteiger partial charge in [0.15, 0.2) is 5.13 Å². The Morgan fingerprint density at radius 1 is 1.75 bits per heavy atom. The topological polar surface area (TPSA) is 77.2 Å². The number of nitrogens with two attached hydrogens (primary N) is 1. The van der Waals surface area contributed by atoms with Crippen molar-refractivity contribution in [2.75, 3.05) is 18.9 Å². The van der Waals surface area contributed by atoms with Gasteiger partial charge in [0.25, 0.3) is 0 Å². The van der Waals surface area contributed by atoms with Gasteiger partial charge in [-0.05, 0) is 6.42 Å². The van der Waals surface area contributed by atoms with Crippen molar-refractivity contribution in [2.45, 2.75) is 12.8 Å². The molecule has 0 unspecified atom stereocenters. The van der Waals surface area contributed by atoms with Crippen LogP contribution in [0, 0.1) is 0 Å². The van der Waals surface area contributed by atoms with E-state index in [2.05, 4.69) is 16.9 Å². The smallest absolute Gasteiger partial charge is 0.226 e. The molecule has 0 aliphatic rings. The summed E-state index contributed by atoms with van der Waals surface area (Å²) in [6.45, 7) is 4.58. The lowest BCUT2D eigenvalue weighted by atomic mass is 10.3. The maximum absolute atomic E-state index is 11.4. The van der Waals surface area contributed by atoms with Crippen LogP contribution in [0.4, 0.5) is 5.13 Å². The van der Waals surface area contributed by atoms with Gasteiger partial charge in [0.1, 0.15) is 0 Å². The molecule has 0 atom stereocenters. The Bertz CT molecular complexity index is 352. The highest BCUT2D eigenvalue weighted by molar-refractivity contribution is 7.13. The van der Waals surface area contributed by atoms with E-state index in [1.165, 1.54) is 17.6 Å². The predicted molar refractivity (Wildman–Crippen MR) is 64.0 cm³/mol. The first kappa shape index (κ1) is 12.5. The van der Waals surface area contributed by atoms with Crippen molar-refractivity contribution in [2.24, 2.45) is 0 Å². The number of carbonyl (C=O) groups is 1. The summed E-state index contributed by atoms with van der Waals surface area (Å²) < 4.78 is 4.92. The molecule has 16 heavy (non-hydrogen) atoms. The van der Waals surface area contributed by atoms with Crippen molar-refractivity contribution < 1.29 is 9.53 Å². The second kappa shape index (κ2) is 6.84. The third-order valence-corrected chi connectivity index (χ3v) is 2.51. The van der Waals surface area contributed by atoms with Crippen LogP contribution in [0.15, 0.2) is 18.2 Å². The zero-order chi connectivity index (χ0) is 11.8. The molecule has 1 rings (SSSR count). The molecule has 0 aromatic carbocycles. The summed E-state index contributed by atoms with van der Waals surface area (Å²) in [5.41, 5.74) is 6.17. The van der Waals surface area contributed by atoms with Crippen LogP contribution in [0.2, 0.25) is 0 Å². The van der Waals surface area contributed by atoms with Crippen LogP contribution in [-0.2, 0) is 16.0 Å². The second-order valence-corrected chi connectivity index (χ2v) is 3.98. The molecule has 0 aliphatic carbocycles. The molecule has 1 heterocycles. The number of hydrogen-bond donors (Lipinski definition) is 2. The molecule has 0 aliphatic heterocycles. The fraction of sp³-hybridized carbons (Fsp3) is 0.400. The van der Waals surface area contributed by atoms with E-state index in [0.717, 1.165) is 6.42 Å². The zero-order valence-corrected chi connectivity index (χ0v) is 9.76. The molecule has 0 saturated heterocycles. The van der Waals surface area contributed by atoms with Gasteiger partial charge in [-0.2, -0.15) is 0 Å². The molecule has 1 aromatic rings. The molecule has 5 nitrogen and oxygen atoms in total. The lowest BCUT2D eigenvalue weighted by Gasteiger charge is -2.03. The number of amides is 1. The molecule has 88 valence electrons. The maximum Gasteiger partial charge on any atom is 0.226 e. The van der Waals surface area contributed by atoms with Crippen molar-refractivity contribution in [1.82, 2.24) is 10.3 Å². The minimum atomic E-state index is -0.0519. The third-order valence-electron chi connectivity index (χ3n) is 1.79. The van der Waals surface area contributed by atoms with Gasteiger partial charge in [0.05, 0.1) is 25.0 Å². The van der Waals surface area contributed by atoms with Crippen molar-refractivity contribution in [3.63, 3.8) is 0 Å². The first-order chi connectivity index (χ1) is 7.72. The lowest BCUT2D eigenvalue weighted by molar-refractivity contribution is -0.120. The maximum atomic E-state index is 11.4. The summed E-state index contributed by atoms with van der Waals surface area (Å²) in [6.07, 6.45) is 2.42. The molecule has 0 spiro atoms. The molecule has 0 fully saturated rings. The van der Waals surface area contributed by atoms with Crippen LogP contribution >= 0.6 is 11.3 Å². The van der Waals surface area contributed by atoms with E-state index in [1.807, 2.05) is 0 Å². The number of aromatic nitrogens is 1. The number of thiazole rings is 1. The fourth-order valence-corrected chi connectivity index (χ4v) is 1.66. The highest BCUT2D eigenvalue weighted by atomic mass is 32.1. The van der Waals surface area contributed by atoms with Crippen molar-refractivity contribution in [1.29, 1.82) is 0 Å². The Kier molecular flexibility index (Phi) is 5.35. The Labute approximate surface area is 98.3 Å². The van der Waals surface area contributed by atoms with Gasteiger partial charge in [0.2, 0.25) is 5.91 Å². The Balaban J connectivity index is 2.14. The highest BCUT2D eigenvalue weighted by Crippen LogP contribution is 2.11. The predicted octanol–water partition coefficient (Wildman–Crippen LogP) is 0.934. The van der Waals surface area contributed by atoms with Crippen LogP contribution in [0.25, 0.3) is 0 Å². The van der Waals surface area contributed by atoms with E-state index < -0.39 is 0 Å². The number of nitrogen functional groups attached to an aromatic ring is 1. The average molecular weight is 241 g/mol. The number of anilines is 1. The van der Waals surface area contributed by atoms with Gasteiger partial charge in [0, 0.05) is 11.9 Å². The third kappa shape index (κ3) is 4.79. The first-order valence-electron chi connectivity index (χ1n) is 4.91.